The van der Waals surface area contributed by atoms with Gasteiger partial charge in [-0.2, -0.15) is 0 Å². The highest BCUT2D eigenvalue weighted by molar-refractivity contribution is 14.1. The number of carbonyl (C=O) groups is 1. The Morgan fingerprint density at radius 2 is 2.08 bits per heavy atom. The third kappa shape index (κ3) is 2.85. The van der Waals surface area contributed by atoms with Crippen molar-refractivity contribution in [3.63, 3.8) is 0 Å². The van der Waals surface area contributed by atoms with Crippen LogP contribution >= 0.6 is 33.9 Å². The number of guanidine groups is 1. The molecule has 1 saturated carbocycles. The Kier molecular flexibility index (Phi) is 4.34. The first kappa shape index (κ1) is 17.9. The molecule has 2 atom stereocenters. The minimum Gasteiger partial charge on any atom is -0.345 e. The number of rotatable bonds is 3. The maximum absolute atomic E-state index is 13.6. The van der Waals surface area contributed by atoms with E-state index in [2.05, 4.69) is 11.4 Å². The summed E-state index contributed by atoms with van der Waals surface area (Å²) < 4.78 is 14.1. The van der Waals surface area contributed by atoms with Crippen molar-refractivity contribution in [1.29, 1.82) is 5.41 Å². The topological polar surface area (TPSA) is 56.2 Å². The number of benzene rings is 1. The molecule has 2 N–H and O–H groups in total. The van der Waals surface area contributed by atoms with Crippen LogP contribution in [0.5, 0.6) is 0 Å². The van der Waals surface area contributed by atoms with Gasteiger partial charge in [-0.15, -0.1) is 11.3 Å². The summed E-state index contributed by atoms with van der Waals surface area (Å²) in [6.45, 7) is 2.03. The molecule has 1 aromatic carbocycles. The summed E-state index contributed by atoms with van der Waals surface area (Å²) in [7, 11) is 1.66. The van der Waals surface area contributed by atoms with Gasteiger partial charge >= 0.3 is 0 Å². The van der Waals surface area contributed by atoms with E-state index in [1.165, 1.54) is 11.0 Å². The van der Waals surface area contributed by atoms with E-state index in [0.29, 0.717) is 9.49 Å². The molecule has 1 saturated heterocycles. The first-order valence-electron chi connectivity index (χ1n) is 8.50. The van der Waals surface area contributed by atoms with Crippen LogP contribution in [-0.4, -0.2) is 23.8 Å². The Morgan fingerprint density at radius 3 is 2.73 bits per heavy atom. The van der Waals surface area contributed by atoms with Crippen molar-refractivity contribution in [2.24, 2.45) is 11.8 Å². The summed E-state index contributed by atoms with van der Waals surface area (Å²) in [5.41, 5.74) is 1.38. The highest BCUT2D eigenvalue weighted by Crippen LogP contribution is 2.49. The van der Waals surface area contributed by atoms with Gasteiger partial charge in [-0.25, -0.2) is 4.39 Å². The van der Waals surface area contributed by atoms with Gasteiger partial charge in [0.1, 0.15) is 5.82 Å². The molecule has 2 heterocycles. The molecule has 2 fully saturated rings. The van der Waals surface area contributed by atoms with E-state index in [1.807, 2.05) is 41.0 Å². The van der Waals surface area contributed by atoms with Gasteiger partial charge in [0.25, 0.3) is 0 Å². The standard InChI is InChI=1S/C19H19FIN3OS/c1-19(16(10-3-4-10)17(25)24(2)18(22)23-19)15-8-12(9-26-15)11-5-6-13(20)14(21)7-11/h5-10,16H,3-4H2,1-2H3,(H2,22,23)/t16-,19-/m1/s1. The molecule has 4 rings (SSSR count). The molecule has 136 valence electrons. The van der Waals surface area contributed by atoms with Crippen molar-refractivity contribution in [1.82, 2.24) is 10.2 Å². The molecule has 1 aliphatic heterocycles. The number of hydrogen-bond acceptors (Lipinski definition) is 3. The minimum absolute atomic E-state index is 0.0185. The number of amides is 1. The Hall–Kier alpha value is -1.48. The average Bonchev–Trinajstić information content (AvgIpc) is 3.29. The van der Waals surface area contributed by atoms with E-state index in [9.17, 15) is 9.18 Å². The molecule has 1 aromatic heterocycles. The molecule has 0 spiro atoms. The SMILES string of the molecule is CN1C(=N)N[C@](C)(c2cc(-c3ccc(F)c(I)c3)cs2)[C@H](C2CC2)C1=O. The number of carbonyl (C=O) groups excluding carboxylic acids is 1. The lowest BCUT2D eigenvalue weighted by Gasteiger charge is -2.45. The smallest absolute Gasteiger partial charge is 0.235 e. The number of nitrogens with one attached hydrogen (secondary N) is 2. The molecular formula is C19H19FIN3OS. The Labute approximate surface area is 169 Å². The van der Waals surface area contributed by atoms with Gasteiger partial charge in [0.2, 0.25) is 5.91 Å². The second-order valence-corrected chi connectivity index (χ2v) is 9.29. The maximum Gasteiger partial charge on any atom is 0.235 e. The molecule has 1 amide bonds. The van der Waals surface area contributed by atoms with Crippen molar-refractivity contribution in [2.45, 2.75) is 25.3 Å². The lowest BCUT2D eigenvalue weighted by atomic mass is 9.78. The second kappa shape index (κ2) is 6.30. The van der Waals surface area contributed by atoms with Gasteiger partial charge in [0.05, 0.1) is 11.5 Å². The van der Waals surface area contributed by atoms with E-state index >= 15 is 0 Å². The van der Waals surface area contributed by atoms with E-state index < -0.39 is 5.54 Å². The highest BCUT2D eigenvalue weighted by Gasteiger charge is 2.54. The van der Waals surface area contributed by atoms with Gasteiger partial charge in [0, 0.05) is 15.5 Å². The number of hydrogen-bond donors (Lipinski definition) is 2. The van der Waals surface area contributed by atoms with Crippen molar-refractivity contribution in [3.8, 4) is 11.1 Å². The molecule has 4 nitrogen and oxygen atoms in total. The summed E-state index contributed by atoms with van der Waals surface area (Å²) in [6, 6.07) is 7.16. The molecule has 2 aromatic rings. The van der Waals surface area contributed by atoms with Gasteiger partial charge in [-0.3, -0.25) is 15.1 Å². The van der Waals surface area contributed by atoms with Crippen molar-refractivity contribution in [3.05, 3.63) is 43.9 Å². The number of nitrogens with zero attached hydrogens (tertiary/aromatic N) is 1. The fourth-order valence-electron chi connectivity index (χ4n) is 3.73. The normalized spacial score (nSPS) is 26.2. The summed E-state index contributed by atoms with van der Waals surface area (Å²) in [5.74, 6) is 0.140. The zero-order valence-electron chi connectivity index (χ0n) is 14.5. The predicted octanol–water partition coefficient (Wildman–Crippen LogP) is 4.40. The van der Waals surface area contributed by atoms with Crippen LogP contribution in [0.15, 0.2) is 29.6 Å². The first-order chi connectivity index (χ1) is 12.3. The lowest BCUT2D eigenvalue weighted by Crippen LogP contribution is -2.64. The maximum atomic E-state index is 13.6. The van der Waals surface area contributed by atoms with Crippen molar-refractivity contribution >= 4 is 45.8 Å². The van der Waals surface area contributed by atoms with Crippen LogP contribution in [0.25, 0.3) is 11.1 Å². The molecule has 7 heteroatoms. The molecule has 0 radical (unpaired) electrons. The van der Waals surface area contributed by atoms with Gasteiger partial charge in [-0.05, 0) is 83.0 Å². The third-order valence-corrected chi connectivity index (χ3v) is 7.38. The largest absolute Gasteiger partial charge is 0.345 e. The van der Waals surface area contributed by atoms with E-state index in [0.717, 1.165) is 28.8 Å². The number of halogens is 2. The third-order valence-electron chi connectivity index (χ3n) is 5.39. The Bertz CT molecular complexity index is 910. The summed E-state index contributed by atoms with van der Waals surface area (Å²) in [4.78, 5) is 15.3. The highest BCUT2D eigenvalue weighted by atomic mass is 127. The van der Waals surface area contributed by atoms with Crippen LogP contribution in [0.4, 0.5) is 4.39 Å². The summed E-state index contributed by atoms with van der Waals surface area (Å²) in [5, 5.41) is 13.5. The summed E-state index contributed by atoms with van der Waals surface area (Å²) in [6.07, 6.45) is 2.12. The molecule has 0 unspecified atom stereocenters. The minimum atomic E-state index is -0.585. The van der Waals surface area contributed by atoms with Gasteiger partial charge in [-0.1, -0.05) is 6.07 Å². The zero-order valence-corrected chi connectivity index (χ0v) is 17.4. The first-order valence-corrected chi connectivity index (χ1v) is 10.5. The lowest BCUT2D eigenvalue weighted by molar-refractivity contribution is -0.136. The van der Waals surface area contributed by atoms with Gasteiger partial charge in [0.15, 0.2) is 5.96 Å². The quantitative estimate of drug-likeness (QED) is 0.637. The molecular weight excluding hydrogens is 464 g/mol. The van der Waals surface area contributed by atoms with Crippen LogP contribution in [0, 0.1) is 26.6 Å². The molecule has 1 aliphatic carbocycles. The fraction of sp³-hybridized carbons (Fsp3) is 0.368. The van der Waals surface area contributed by atoms with E-state index in [-0.39, 0.29) is 23.6 Å². The molecule has 2 aliphatic rings. The van der Waals surface area contributed by atoms with E-state index in [1.54, 1.807) is 24.5 Å². The zero-order chi connectivity index (χ0) is 18.6. The molecule has 0 bridgehead atoms. The van der Waals surface area contributed by atoms with Crippen LogP contribution in [-0.2, 0) is 10.3 Å². The Balaban J connectivity index is 1.73. The molecule has 26 heavy (non-hydrogen) atoms. The Morgan fingerprint density at radius 1 is 1.35 bits per heavy atom. The second-order valence-electron chi connectivity index (χ2n) is 7.22. The van der Waals surface area contributed by atoms with Crippen LogP contribution in [0.2, 0.25) is 0 Å². The van der Waals surface area contributed by atoms with Crippen molar-refractivity contribution < 1.29 is 9.18 Å². The van der Waals surface area contributed by atoms with Crippen LogP contribution in [0.3, 0.4) is 0 Å². The average molecular weight is 483 g/mol. The monoisotopic (exact) mass is 483 g/mol. The number of thiophene rings is 1. The van der Waals surface area contributed by atoms with Crippen molar-refractivity contribution in [2.75, 3.05) is 7.05 Å². The van der Waals surface area contributed by atoms with E-state index in [4.69, 9.17) is 5.41 Å². The van der Waals surface area contributed by atoms with Gasteiger partial charge < -0.3 is 5.32 Å². The predicted molar refractivity (Wildman–Crippen MR) is 110 cm³/mol. The van der Waals surface area contributed by atoms with Crippen LogP contribution < -0.4 is 5.32 Å². The van der Waals surface area contributed by atoms with Crippen LogP contribution in [0.1, 0.15) is 24.6 Å². The summed E-state index contributed by atoms with van der Waals surface area (Å²) >= 11 is 3.58. The fourth-order valence-corrected chi connectivity index (χ4v) is 5.32.